The van der Waals surface area contributed by atoms with Crippen LogP contribution in [0.3, 0.4) is 0 Å². The third-order valence-corrected chi connectivity index (χ3v) is 3.52. The first kappa shape index (κ1) is 19.6. The van der Waals surface area contributed by atoms with Gasteiger partial charge >= 0.3 is 0 Å². The van der Waals surface area contributed by atoms with E-state index in [0.29, 0.717) is 13.2 Å². The van der Waals surface area contributed by atoms with Crippen molar-refractivity contribution in [2.45, 2.75) is 4.90 Å². The lowest BCUT2D eigenvalue weighted by molar-refractivity contribution is -0.112. The van der Waals surface area contributed by atoms with E-state index in [-0.39, 0.29) is 29.4 Å². The van der Waals surface area contributed by atoms with Gasteiger partial charge in [-0.05, 0) is 24.3 Å². The Labute approximate surface area is 139 Å². The van der Waals surface area contributed by atoms with Gasteiger partial charge < -0.3 is 20.5 Å². The quantitative estimate of drug-likeness (QED) is 0.207. The fourth-order valence-corrected chi connectivity index (χ4v) is 2.01. The summed E-state index contributed by atoms with van der Waals surface area (Å²) < 4.78 is 35.7. The molecule has 0 fully saturated rings. The van der Waals surface area contributed by atoms with Crippen LogP contribution in [0.5, 0.6) is 0 Å². The van der Waals surface area contributed by atoms with Crippen molar-refractivity contribution in [2.24, 2.45) is 0 Å². The molecule has 0 aliphatic carbocycles. The number of rotatable bonds is 9. The van der Waals surface area contributed by atoms with Crippen molar-refractivity contribution in [3.63, 3.8) is 0 Å². The van der Waals surface area contributed by atoms with Crippen LogP contribution in [-0.4, -0.2) is 50.3 Å². The maximum absolute atomic E-state index is 11.9. The SMILES string of the molecule is N#C/C(=C/NCCOCCO)C(=O)Nc1ccc(S(=O)(=O)O)cc1. The maximum atomic E-state index is 11.9. The van der Waals surface area contributed by atoms with E-state index in [0.717, 1.165) is 12.1 Å². The maximum Gasteiger partial charge on any atom is 0.294 e. The summed E-state index contributed by atoms with van der Waals surface area (Å²) in [6.07, 6.45) is 1.23. The second-order valence-electron chi connectivity index (χ2n) is 4.41. The van der Waals surface area contributed by atoms with Gasteiger partial charge in [-0.25, -0.2) is 0 Å². The third-order valence-electron chi connectivity index (χ3n) is 2.65. The van der Waals surface area contributed by atoms with Crippen LogP contribution >= 0.6 is 0 Å². The summed E-state index contributed by atoms with van der Waals surface area (Å²) in [7, 11) is -4.30. The molecule has 24 heavy (non-hydrogen) atoms. The predicted molar refractivity (Wildman–Crippen MR) is 84.5 cm³/mol. The van der Waals surface area contributed by atoms with E-state index < -0.39 is 16.0 Å². The van der Waals surface area contributed by atoms with Crippen molar-refractivity contribution in [3.05, 3.63) is 36.0 Å². The minimum atomic E-state index is -4.30. The molecule has 130 valence electrons. The van der Waals surface area contributed by atoms with Crippen LogP contribution in [-0.2, 0) is 19.6 Å². The van der Waals surface area contributed by atoms with Crippen molar-refractivity contribution in [3.8, 4) is 6.07 Å². The van der Waals surface area contributed by atoms with Gasteiger partial charge in [0.25, 0.3) is 16.0 Å². The van der Waals surface area contributed by atoms with E-state index in [9.17, 15) is 13.2 Å². The van der Waals surface area contributed by atoms with Gasteiger partial charge in [0.2, 0.25) is 0 Å². The number of aliphatic hydroxyl groups is 1. The Morgan fingerprint density at radius 1 is 1.29 bits per heavy atom. The Hall–Kier alpha value is -2.45. The van der Waals surface area contributed by atoms with Crippen molar-refractivity contribution in [2.75, 3.05) is 31.7 Å². The average Bonchev–Trinajstić information content (AvgIpc) is 2.54. The smallest absolute Gasteiger partial charge is 0.294 e. The molecule has 0 aliphatic heterocycles. The van der Waals surface area contributed by atoms with Gasteiger partial charge in [0.15, 0.2) is 0 Å². The van der Waals surface area contributed by atoms with Gasteiger partial charge in [-0.2, -0.15) is 13.7 Å². The van der Waals surface area contributed by atoms with E-state index in [1.54, 1.807) is 6.07 Å². The Morgan fingerprint density at radius 3 is 2.50 bits per heavy atom. The van der Waals surface area contributed by atoms with Crippen LogP contribution in [0.4, 0.5) is 5.69 Å². The summed E-state index contributed by atoms with van der Waals surface area (Å²) in [5.41, 5.74) is 0.0795. The van der Waals surface area contributed by atoms with Gasteiger partial charge in [0, 0.05) is 18.4 Å². The number of hydrogen-bond acceptors (Lipinski definition) is 7. The highest BCUT2D eigenvalue weighted by molar-refractivity contribution is 7.85. The highest BCUT2D eigenvalue weighted by Crippen LogP contribution is 2.14. The Bertz CT molecular complexity index is 722. The third kappa shape index (κ3) is 6.76. The molecule has 1 aromatic carbocycles. The fraction of sp³-hybridized carbons (Fsp3) is 0.286. The van der Waals surface area contributed by atoms with Crippen molar-refractivity contribution < 1.29 is 27.6 Å². The monoisotopic (exact) mass is 355 g/mol. The molecule has 0 atom stereocenters. The molecule has 0 saturated heterocycles. The number of aliphatic hydroxyl groups excluding tert-OH is 1. The molecule has 10 heteroatoms. The minimum absolute atomic E-state index is 0.0853. The fourth-order valence-electron chi connectivity index (χ4n) is 1.53. The Balaban J connectivity index is 2.59. The molecule has 9 nitrogen and oxygen atoms in total. The van der Waals surface area contributed by atoms with Crippen LogP contribution in [0.25, 0.3) is 0 Å². The number of nitrogens with zero attached hydrogens (tertiary/aromatic N) is 1. The van der Waals surface area contributed by atoms with Crippen molar-refractivity contribution in [1.29, 1.82) is 5.26 Å². The number of carbonyl (C=O) groups excluding carboxylic acids is 1. The molecular weight excluding hydrogens is 338 g/mol. The molecule has 1 amide bonds. The zero-order valence-corrected chi connectivity index (χ0v) is 13.4. The lowest BCUT2D eigenvalue weighted by Crippen LogP contribution is -2.19. The second kappa shape index (κ2) is 9.64. The second-order valence-corrected chi connectivity index (χ2v) is 5.84. The molecule has 0 saturated carbocycles. The topological polar surface area (TPSA) is 149 Å². The van der Waals surface area contributed by atoms with Gasteiger partial charge in [-0.3, -0.25) is 9.35 Å². The molecule has 4 N–H and O–H groups in total. The molecule has 0 heterocycles. The number of nitrogens with one attached hydrogen (secondary N) is 2. The van der Waals surface area contributed by atoms with Crippen LogP contribution in [0.1, 0.15) is 0 Å². The zero-order valence-electron chi connectivity index (χ0n) is 12.6. The first-order valence-electron chi connectivity index (χ1n) is 6.79. The summed E-state index contributed by atoms with van der Waals surface area (Å²) in [6.45, 7) is 0.768. The standard InChI is InChI=1S/C14H17N3O6S/c15-9-11(10-16-5-7-23-8-6-18)14(19)17-12-1-3-13(4-2-12)24(20,21)22/h1-4,10,16,18H,5-8H2,(H,17,19)(H,20,21,22)/b11-10-. The summed E-state index contributed by atoms with van der Waals surface area (Å²) in [5, 5.41) is 22.6. The summed E-state index contributed by atoms with van der Waals surface area (Å²) in [6, 6.07) is 6.54. The Morgan fingerprint density at radius 2 is 1.96 bits per heavy atom. The number of nitriles is 1. The molecule has 0 unspecified atom stereocenters. The molecular formula is C14H17N3O6S. The van der Waals surface area contributed by atoms with Crippen LogP contribution in [0, 0.1) is 11.3 Å². The van der Waals surface area contributed by atoms with Gasteiger partial charge in [-0.15, -0.1) is 0 Å². The number of benzene rings is 1. The highest BCUT2D eigenvalue weighted by Gasteiger charge is 2.11. The van der Waals surface area contributed by atoms with Crippen molar-refractivity contribution in [1.82, 2.24) is 5.32 Å². The number of hydrogen-bond donors (Lipinski definition) is 4. The summed E-state index contributed by atoms with van der Waals surface area (Å²) in [4.78, 5) is 11.6. The molecule has 0 radical (unpaired) electrons. The summed E-state index contributed by atoms with van der Waals surface area (Å²) >= 11 is 0. The Kier molecular flexibility index (Phi) is 7.87. The number of ether oxygens (including phenoxy) is 1. The first-order valence-corrected chi connectivity index (χ1v) is 8.23. The molecule has 1 aromatic rings. The van der Waals surface area contributed by atoms with Crippen LogP contribution in [0.15, 0.2) is 40.9 Å². The normalized spacial score (nSPS) is 11.6. The van der Waals surface area contributed by atoms with Crippen molar-refractivity contribution >= 4 is 21.7 Å². The predicted octanol–water partition coefficient (Wildman–Crippen LogP) is -0.122. The van der Waals surface area contributed by atoms with E-state index in [1.807, 2.05) is 0 Å². The molecule has 0 spiro atoms. The number of anilines is 1. The van der Waals surface area contributed by atoms with E-state index in [4.69, 9.17) is 19.7 Å². The van der Waals surface area contributed by atoms with Gasteiger partial charge in [0.05, 0.1) is 24.7 Å². The highest BCUT2D eigenvalue weighted by atomic mass is 32.2. The summed E-state index contributed by atoms with van der Waals surface area (Å²) in [5.74, 6) is -0.680. The molecule has 0 bridgehead atoms. The van der Waals surface area contributed by atoms with E-state index in [2.05, 4.69) is 10.6 Å². The average molecular weight is 355 g/mol. The van der Waals surface area contributed by atoms with E-state index >= 15 is 0 Å². The van der Waals surface area contributed by atoms with Crippen LogP contribution < -0.4 is 10.6 Å². The largest absolute Gasteiger partial charge is 0.394 e. The first-order chi connectivity index (χ1) is 11.4. The molecule has 1 rings (SSSR count). The van der Waals surface area contributed by atoms with Gasteiger partial charge in [-0.1, -0.05) is 0 Å². The van der Waals surface area contributed by atoms with Gasteiger partial charge in [0.1, 0.15) is 11.6 Å². The number of amides is 1. The number of carbonyl (C=O) groups is 1. The van der Waals surface area contributed by atoms with E-state index in [1.165, 1.54) is 18.3 Å². The zero-order chi connectivity index (χ0) is 18.0. The lowest BCUT2D eigenvalue weighted by atomic mass is 10.2. The minimum Gasteiger partial charge on any atom is -0.394 e. The lowest BCUT2D eigenvalue weighted by Gasteiger charge is -2.06. The van der Waals surface area contributed by atoms with Crippen LogP contribution in [0.2, 0.25) is 0 Å². The molecule has 0 aliphatic rings. The molecule has 0 aromatic heterocycles.